The number of carbonyl (C=O) groups excluding carboxylic acids is 1. The monoisotopic (exact) mass is 270 g/mol. The Morgan fingerprint density at radius 2 is 2.05 bits per heavy atom. The molecule has 106 valence electrons. The second-order valence-electron chi connectivity index (χ2n) is 5.76. The van der Waals surface area contributed by atoms with Gasteiger partial charge in [-0.3, -0.25) is 4.79 Å². The van der Waals surface area contributed by atoms with Crippen LogP contribution in [0.15, 0.2) is 24.3 Å². The molecular weight excluding hydrogens is 248 g/mol. The summed E-state index contributed by atoms with van der Waals surface area (Å²) in [5.41, 5.74) is 1.59. The van der Waals surface area contributed by atoms with Crippen LogP contribution in [0.25, 0.3) is 0 Å². The fourth-order valence-corrected chi connectivity index (χ4v) is 3.17. The first kappa shape index (κ1) is 14.6. The summed E-state index contributed by atoms with van der Waals surface area (Å²) >= 11 is 0. The molecule has 1 aromatic rings. The van der Waals surface area contributed by atoms with Gasteiger partial charge in [0.05, 0.1) is 18.1 Å². The Morgan fingerprint density at radius 3 is 2.60 bits per heavy atom. The van der Waals surface area contributed by atoms with E-state index in [0.29, 0.717) is 23.9 Å². The molecule has 1 amide bonds. The molecule has 3 nitrogen and oxygen atoms in total. The zero-order valence-electron chi connectivity index (χ0n) is 12.2. The van der Waals surface area contributed by atoms with E-state index < -0.39 is 0 Å². The molecule has 1 aromatic carbocycles. The molecule has 1 N–H and O–H groups in total. The minimum atomic E-state index is 0.0864. The van der Waals surface area contributed by atoms with Crippen molar-refractivity contribution in [3.05, 3.63) is 35.4 Å². The van der Waals surface area contributed by atoms with Crippen molar-refractivity contribution in [1.29, 1.82) is 5.26 Å². The van der Waals surface area contributed by atoms with E-state index in [-0.39, 0.29) is 5.91 Å². The largest absolute Gasteiger partial charge is 0.353 e. The lowest BCUT2D eigenvalue weighted by molar-refractivity contribution is -0.121. The second-order valence-corrected chi connectivity index (χ2v) is 5.76. The summed E-state index contributed by atoms with van der Waals surface area (Å²) in [5.74, 6) is 1.41. The van der Waals surface area contributed by atoms with E-state index in [1.807, 2.05) is 12.1 Å². The van der Waals surface area contributed by atoms with E-state index in [2.05, 4.69) is 25.2 Å². The average Bonchev–Trinajstić information content (AvgIpc) is 2.80. The predicted octanol–water partition coefficient (Wildman–Crippen LogP) is 3.04. The number of nitriles is 1. The van der Waals surface area contributed by atoms with Crippen LogP contribution in [-0.2, 0) is 11.2 Å². The maximum Gasteiger partial charge on any atom is 0.224 e. The van der Waals surface area contributed by atoms with E-state index in [1.54, 1.807) is 12.1 Å². The third-order valence-corrected chi connectivity index (χ3v) is 4.55. The summed E-state index contributed by atoms with van der Waals surface area (Å²) < 4.78 is 0. The van der Waals surface area contributed by atoms with Gasteiger partial charge in [-0.2, -0.15) is 5.26 Å². The summed E-state index contributed by atoms with van der Waals surface area (Å²) in [5, 5.41) is 11.9. The predicted molar refractivity (Wildman–Crippen MR) is 79.0 cm³/mol. The molecular formula is C17H22N2O. The number of nitrogens with one attached hydrogen (secondary N) is 1. The molecule has 3 atom stereocenters. The second kappa shape index (κ2) is 6.56. The van der Waals surface area contributed by atoms with Gasteiger partial charge in [-0.05, 0) is 42.4 Å². The smallest absolute Gasteiger partial charge is 0.224 e. The van der Waals surface area contributed by atoms with Gasteiger partial charge in [0.25, 0.3) is 0 Å². The van der Waals surface area contributed by atoms with Gasteiger partial charge in [0.2, 0.25) is 5.91 Å². The standard InChI is InChI=1S/C17H22N2O/c1-3-15-8-9-16(12(15)2)19-17(20)10-13-4-6-14(11-18)7-5-13/h4-7,12,15-16H,3,8-10H2,1-2H3,(H,19,20). The molecule has 20 heavy (non-hydrogen) atoms. The van der Waals surface area contributed by atoms with Crippen LogP contribution in [0, 0.1) is 23.2 Å². The zero-order valence-corrected chi connectivity index (χ0v) is 12.2. The number of rotatable bonds is 4. The van der Waals surface area contributed by atoms with Crippen molar-refractivity contribution in [1.82, 2.24) is 5.32 Å². The Balaban J connectivity index is 1.88. The van der Waals surface area contributed by atoms with Crippen molar-refractivity contribution >= 4 is 5.91 Å². The maximum atomic E-state index is 12.1. The van der Waals surface area contributed by atoms with Crippen molar-refractivity contribution < 1.29 is 4.79 Å². The third kappa shape index (κ3) is 3.39. The number of amides is 1. The number of carbonyl (C=O) groups is 1. The van der Waals surface area contributed by atoms with Gasteiger partial charge in [-0.15, -0.1) is 0 Å². The van der Waals surface area contributed by atoms with E-state index in [9.17, 15) is 4.79 Å². The lowest BCUT2D eigenvalue weighted by Crippen LogP contribution is -2.38. The number of hydrogen-bond donors (Lipinski definition) is 1. The molecule has 0 aromatic heterocycles. The van der Waals surface area contributed by atoms with Crippen molar-refractivity contribution in [3.63, 3.8) is 0 Å². The molecule has 3 heteroatoms. The lowest BCUT2D eigenvalue weighted by Gasteiger charge is -2.21. The van der Waals surface area contributed by atoms with E-state index >= 15 is 0 Å². The summed E-state index contributed by atoms with van der Waals surface area (Å²) in [6.45, 7) is 4.47. The van der Waals surface area contributed by atoms with Crippen molar-refractivity contribution in [2.24, 2.45) is 11.8 Å². The first-order valence-electron chi connectivity index (χ1n) is 7.42. The molecule has 3 unspecified atom stereocenters. The van der Waals surface area contributed by atoms with E-state index in [4.69, 9.17) is 5.26 Å². The highest BCUT2D eigenvalue weighted by atomic mass is 16.1. The van der Waals surface area contributed by atoms with Gasteiger partial charge in [0.1, 0.15) is 0 Å². The van der Waals surface area contributed by atoms with Crippen LogP contribution in [0.2, 0.25) is 0 Å². The summed E-state index contributed by atoms with van der Waals surface area (Å²) in [4.78, 5) is 12.1. The lowest BCUT2D eigenvalue weighted by atomic mass is 9.93. The van der Waals surface area contributed by atoms with Gasteiger partial charge >= 0.3 is 0 Å². The fourth-order valence-electron chi connectivity index (χ4n) is 3.17. The minimum absolute atomic E-state index is 0.0864. The van der Waals surface area contributed by atoms with Gasteiger partial charge < -0.3 is 5.32 Å². The highest BCUT2D eigenvalue weighted by Crippen LogP contribution is 2.33. The Labute approximate surface area is 121 Å². The first-order chi connectivity index (χ1) is 9.63. The SMILES string of the molecule is CCC1CCC(NC(=O)Cc2ccc(C#N)cc2)C1C. The molecule has 1 fully saturated rings. The van der Waals surface area contributed by atoms with Crippen LogP contribution < -0.4 is 5.32 Å². The Morgan fingerprint density at radius 1 is 1.35 bits per heavy atom. The van der Waals surface area contributed by atoms with Gasteiger partial charge in [0.15, 0.2) is 0 Å². The Hall–Kier alpha value is -1.82. The van der Waals surface area contributed by atoms with Crippen LogP contribution in [0.4, 0.5) is 0 Å². The quantitative estimate of drug-likeness (QED) is 0.914. The van der Waals surface area contributed by atoms with Crippen molar-refractivity contribution in [2.45, 2.75) is 45.6 Å². The number of hydrogen-bond acceptors (Lipinski definition) is 2. The molecule has 0 radical (unpaired) electrons. The third-order valence-electron chi connectivity index (χ3n) is 4.55. The normalized spacial score (nSPS) is 25.1. The van der Waals surface area contributed by atoms with Crippen LogP contribution in [0.3, 0.4) is 0 Å². The average molecular weight is 270 g/mol. The van der Waals surface area contributed by atoms with Crippen molar-refractivity contribution in [3.8, 4) is 6.07 Å². The van der Waals surface area contributed by atoms with E-state index in [0.717, 1.165) is 17.9 Å². The zero-order chi connectivity index (χ0) is 14.5. The molecule has 1 aliphatic carbocycles. The summed E-state index contributed by atoms with van der Waals surface area (Å²) in [7, 11) is 0. The number of benzene rings is 1. The number of nitrogens with zero attached hydrogens (tertiary/aromatic N) is 1. The fraction of sp³-hybridized carbons (Fsp3) is 0.529. The first-order valence-corrected chi connectivity index (χ1v) is 7.42. The Kier molecular flexibility index (Phi) is 4.79. The van der Waals surface area contributed by atoms with Gasteiger partial charge in [0, 0.05) is 6.04 Å². The summed E-state index contributed by atoms with van der Waals surface area (Å²) in [6.07, 6.45) is 3.91. The van der Waals surface area contributed by atoms with Crippen molar-refractivity contribution in [2.75, 3.05) is 0 Å². The van der Waals surface area contributed by atoms with Crippen LogP contribution in [0.1, 0.15) is 44.2 Å². The van der Waals surface area contributed by atoms with Gasteiger partial charge in [-0.1, -0.05) is 32.4 Å². The van der Waals surface area contributed by atoms with E-state index in [1.165, 1.54) is 12.8 Å². The molecule has 1 aliphatic rings. The molecule has 0 spiro atoms. The molecule has 1 saturated carbocycles. The van der Waals surface area contributed by atoms with Gasteiger partial charge in [-0.25, -0.2) is 0 Å². The Bertz CT molecular complexity index is 501. The van der Waals surface area contributed by atoms with Crippen LogP contribution in [-0.4, -0.2) is 11.9 Å². The highest BCUT2D eigenvalue weighted by molar-refractivity contribution is 5.79. The maximum absolute atomic E-state index is 12.1. The molecule has 0 saturated heterocycles. The highest BCUT2D eigenvalue weighted by Gasteiger charge is 2.32. The molecule has 2 rings (SSSR count). The molecule has 0 aliphatic heterocycles. The topological polar surface area (TPSA) is 52.9 Å². The van der Waals surface area contributed by atoms with Crippen LogP contribution >= 0.6 is 0 Å². The summed E-state index contributed by atoms with van der Waals surface area (Å²) in [6, 6.07) is 9.63. The van der Waals surface area contributed by atoms with Crippen LogP contribution in [0.5, 0.6) is 0 Å². The molecule has 0 bridgehead atoms. The molecule has 0 heterocycles. The minimum Gasteiger partial charge on any atom is -0.353 e.